The number of hydrogen-bond donors (Lipinski definition) is 1. The van der Waals surface area contributed by atoms with E-state index in [2.05, 4.69) is 15.2 Å². The van der Waals surface area contributed by atoms with Gasteiger partial charge in [-0.25, -0.2) is 18.7 Å². The summed E-state index contributed by atoms with van der Waals surface area (Å²) in [6.45, 7) is 3.64. The first-order valence-electron chi connectivity index (χ1n) is 10.6. The Balaban J connectivity index is 1.34. The van der Waals surface area contributed by atoms with Gasteiger partial charge in [0.25, 0.3) is 0 Å². The third kappa shape index (κ3) is 4.06. The third-order valence-electron chi connectivity index (χ3n) is 6.02. The van der Waals surface area contributed by atoms with Gasteiger partial charge in [0.15, 0.2) is 11.6 Å². The maximum absolute atomic E-state index is 14.0. The first-order valence-corrected chi connectivity index (χ1v) is 10.6. The van der Waals surface area contributed by atoms with Crippen molar-refractivity contribution in [2.45, 2.75) is 45.1 Å². The van der Waals surface area contributed by atoms with Crippen molar-refractivity contribution < 1.29 is 8.78 Å². The fraction of sp³-hybridized carbons (Fsp3) is 0.435. The molecule has 0 unspecified atom stereocenters. The minimum atomic E-state index is -0.527. The van der Waals surface area contributed by atoms with Crippen molar-refractivity contribution in [2.75, 3.05) is 23.3 Å². The molecule has 2 aliphatic rings. The smallest absolute Gasteiger partial charge is 0.172 e. The van der Waals surface area contributed by atoms with E-state index in [4.69, 9.17) is 9.97 Å². The van der Waals surface area contributed by atoms with Crippen molar-refractivity contribution in [1.82, 2.24) is 15.0 Å². The molecule has 0 bridgehead atoms. The number of aryl methyl sites for hydroxylation is 1. The second-order valence-corrected chi connectivity index (χ2v) is 8.50. The summed E-state index contributed by atoms with van der Waals surface area (Å²) >= 11 is 0. The molecule has 1 aliphatic heterocycles. The fourth-order valence-electron chi connectivity index (χ4n) is 4.14. The number of nitrogens with zero attached hydrogens (tertiary/aromatic N) is 4. The predicted molar refractivity (Wildman–Crippen MR) is 114 cm³/mol. The van der Waals surface area contributed by atoms with E-state index in [-0.39, 0.29) is 0 Å². The first-order chi connectivity index (χ1) is 14.5. The number of pyridine rings is 1. The molecule has 156 valence electrons. The maximum atomic E-state index is 14.0. The molecular formula is C23H25F2N5. The number of rotatable bonds is 5. The minimum absolute atomic E-state index is 0.374. The fourth-order valence-corrected chi connectivity index (χ4v) is 4.14. The van der Waals surface area contributed by atoms with Gasteiger partial charge < -0.3 is 10.2 Å². The molecule has 0 atom stereocenters. The molecule has 30 heavy (non-hydrogen) atoms. The van der Waals surface area contributed by atoms with Gasteiger partial charge in [-0.15, -0.1) is 0 Å². The Bertz CT molecular complexity index is 1070. The standard InChI is InChI=1S/C23H25F2N5/c1-14-10-20-21(13-26-14)29-23(22(28-20)27-18-4-5-18)30-8-6-15(7-9-30)11-16-2-3-17(24)12-19(16)25/h2-3,10,12-13,15,18H,4-9,11H2,1H3,(H,27,28). The Morgan fingerprint density at radius 2 is 1.83 bits per heavy atom. The summed E-state index contributed by atoms with van der Waals surface area (Å²) in [5, 5.41) is 3.54. The van der Waals surface area contributed by atoms with Gasteiger partial charge in [0, 0.05) is 30.9 Å². The van der Waals surface area contributed by atoms with Crippen LogP contribution < -0.4 is 10.2 Å². The third-order valence-corrected chi connectivity index (χ3v) is 6.02. The monoisotopic (exact) mass is 409 g/mol. The lowest BCUT2D eigenvalue weighted by molar-refractivity contribution is 0.396. The second kappa shape index (κ2) is 7.78. The molecule has 1 saturated carbocycles. The summed E-state index contributed by atoms with van der Waals surface area (Å²) in [7, 11) is 0. The van der Waals surface area contributed by atoms with Crippen LogP contribution in [0.2, 0.25) is 0 Å². The molecule has 1 aliphatic carbocycles. The lowest BCUT2D eigenvalue weighted by Gasteiger charge is -2.33. The zero-order valence-electron chi connectivity index (χ0n) is 17.0. The molecule has 7 heteroatoms. The normalized spacial score (nSPS) is 17.5. The summed E-state index contributed by atoms with van der Waals surface area (Å²) < 4.78 is 27.2. The largest absolute Gasteiger partial charge is 0.364 e. The zero-order chi connectivity index (χ0) is 20.7. The van der Waals surface area contributed by atoms with E-state index in [1.807, 2.05) is 13.0 Å². The molecular weight excluding hydrogens is 384 g/mol. The predicted octanol–water partition coefficient (Wildman–Crippen LogP) is 4.64. The van der Waals surface area contributed by atoms with Crippen molar-refractivity contribution in [1.29, 1.82) is 0 Å². The summed E-state index contributed by atoms with van der Waals surface area (Å²) in [4.78, 5) is 16.4. The minimum Gasteiger partial charge on any atom is -0.364 e. The molecule has 3 aromatic rings. The highest BCUT2D eigenvalue weighted by molar-refractivity contribution is 5.80. The van der Waals surface area contributed by atoms with Crippen molar-refractivity contribution in [3.8, 4) is 0 Å². The number of anilines is 2. The van der Waals surface area contributed by atoms with Crippen LogP contribution in [-0.4, -0.2) is 34.1 Å². The summed E-state index contributed by atoms with van der Waals surface area (Å²) in [5.74, 6) is 1.13. The van der Waals surface area contributed by atoms with Crippen LogP contribution in [0.15, 0.2) is 30.5 Å². The summed E-state index contributed by atoms with van der Waals surface area (Å²) in [5.41, 5.74) is 3.18. The molecule has 0 radical (unpaired) electrons. The van der Waals surface area contributed by atoms with Gasteiger partial charge in [-0.05, 0) is 62.6 Å². The Morgan fingerprint density at radius 3 is 2.57 bits per heavy atom. The van der Waals surface area contributed by atoms with Crippen molar-refractivity contribution in [3.05, 3.63) is 53.4 Å². The number of halogens is 2. The number of piperidine rings is 1. The lowest BCUT2D eigenvalue weighted by Crippen LogP contribution is -2.35. The van der Waals surface area contributed by atoms with E-state index in [0.717, 1.165) is 60.4 Å². The van der Waals surface area contributed by atoms with E-state index in [1.165, 1.54) is 18.9 Å². The van der Waals surface area contributed by atoms with E-state index >= 15 is 0 Å². The van der Waals surface area contributed by atoms with E-state index in [9.17, 15) is 8.78 Å². The Morgan fingerprint density at radius 1 is 1.03 bits per heavy atom. The molecule has 2 fully saturated rings. The van der Waals surface area contributed by atoms with Crippen molar-refractivity contribution in [2.24, 2.45) is 5.92 Å². The first kappa shape index (κ1) is 19.2. The number of fused-ring (bicyclic) bond motifs is 1. The molecule has 5 rings (SSSR count). The second-order valence-electron chi connectivity index (χ2n) is 8.50. The van der Waals surface area contributed by atoms with Crippen LogP contribution in [0.3, 0.4) is 0 Å². The Labute approximate surface area is 174 Å². The van der Waals surface area contributed by atoms with Crippen LogP contribution in [0.5, 0.6) is 0 Å². The zero-order valence-corrected chi connectivity index (χ0v) is 17.0. The summed E-state index contributed by atoms with van der Waals surface area (Å²) in [6.07, 6.45) is 6.63. The van der Waals surface area contributed by atoms with Crippen LogP contribution in [-0.2, 0) is 6.42 Å². The highest BCUT2D eigenvalue weighted by atomic mass is 19.1. The number of hydrogen-bond acceptors (Lipinski definition) is 5. The Kier molecular flexibility index (Phi) is 4.97. The van der Waals surface area contributed by atoms with E-state index < -0.39 is 11.6 Å². The van der Waals surface area contributed by atoms with E-state index in [0.29, 0.717) is 23.9 Å². The lowest BCUT2D eigenvalue weighted by atomic mass is 9.90. The molecule has 3 heterocycles. The van der Waals surface area contributed by atoms with Crippen LogP contribution in [0.1, 0.15) is 36.9 Å². The Hall–Kier alpha value is -2.83. The van der Waals surface area contributed by atoms with Gasteiger partial charge in [0.1, 0.15) is 17.2 Å². The highest BCUT2D eigenvalue weighted by Crippen LogP contribution is 2.33. The van der Waals surface area contributed by atoms with Gasteiger partial charge in [0.05, 0.1) is 11.7 Å². The van der Waals surface area contributed by atoms with Gasteiger partial charge in [-0.1, -0.05) is 6.07 Å². The van der Waals surface area contributed by atoms with Crippen LogP contribution >= 0.6 is 0 Å². The molecule has 2 aromatic heterocycles. The maximum Gasteiger partial charge on any atom is 0.172 e. The van der Waals surface area contributed by atoms with Gasteiger partial charge in [-0.3, -0.25) is 4.98 Å². The van der Waals surface area contributed by atoms with Gasteiger partial charge in [-0.2, -0.15) is 0 Å². The van der Waals surface area contributed by atoms with Gasteiger partial charge >= 0.3 is 0 Å². The average molecular weight is 409 g/mol. The van der Waals surface area contributed by atoms with Crippen LogP contribution in [0, 0.1) is 24.5 Å². The van der Waals surface area contributed by atoms with Gasteiger partial charge in [0.2, 0.25) is 0 Å². The quantitative estimate of drug-likeness (QED) is 0.665. The SMILES string of the molecule is Cc1cc2nc(NC3CC3)c(N3CCC(Cc4ccc(F)cc4F)CC3)nc2cn1. The number of benzene rings is 1. The number of nitrogens with one attached hydrogen (secondary N) is 1. The highest BCUT2D eigenvalue weighted by Gasteiger charge is 2.27. The van der Waals surface area contributed by atoms with Crippen molar-refractivity contribution >= 4 is 22.7 Å². The average Bonchev–Trinajstić information content (AvgIpc) is 3.54. The number of aromatic nitrogens is 3. The van der Waals surface area contributed by atoms with E-state index in [1.54, 1.807) is 12.3 Å². The van der Waals surface area contributed by atoms with Crippen molar-refractivity contribution in [3.63, 3.8) is 0 Å². The van der Waals surface area contributed by atoms with Crippen LogP contribution in [0.4, 0.5) is 20.4 Å². The molecule has 0 spiro atoms. The topological polar surface area (TPSA) is 53.9 Å². The summed E-state index contributed by atoms with van der Waals surface area (Å²) in [6, 6.07) is 6.33. The molecule has 0 amide bonds. The molecule has 1 saturated heterocycles. The molecule has 1 N–H and O–H groups in total. The molecule has 1 aromatic carbocycles. The van der Waals surface area contributed by atoms with Crippen LogP contribution in [0.25, 0.3) is 11.0 Å². The molecule has 5 nitrogen and oxygen atoms in total.